The first-order valence-corrected chi connectivity index (χ1v) is 12.9. The van der Waals surface area contributed by atoms with Gasteiger partial charge in [-0.2, -0.15) is 0 Å². The zero-order valence-corrected chi connectivity index (χ0v) is 21.6. The third-order valence-electron chi connectivity index (χ3n) is 6.96. The Morgan fingerprint density at radius 1 is 1.05 bits per heavy atom. The zero-order valence-electron chi connectivity index (χ0n) is 20.9. The number of carbonyl (C=O) groups is 2. The fourth-order valence-corrected chi connectivity index (χ4v) is 4.96. The molecule has 1 aliphatic heterocycles. The Bertz CT molecular complexity index is 1560. The lowest BCUT2D eigenvalue weighted by Crippen LogP contribution is -2.36. The average molecular weight is 527 g/mol. The molecule has 0 atom stereocenters. The van der Waals surface area contributed by atoms with Gasteiger partial charge in [-0.05, 0) is 66.8 Å². The highest BCUT2D eigenvalue weighted by atomic mass is 35.5. The second kappa shape index (κ2) is 9.63. The van der Waals surface area contributed by atoms with Crippen LogP contribution in [-0.4, -0.2) is 34.0 Å². The lowest BCUT2D eigenvalue weighted by atomic mass is 9.99. The van der Waals surface area contributed by atoms with E-state index in [4.69, 9.17) is 17.3 Å². The number of amides is 2. The summed E-state index contributed by atoms with van der Waals surface area (Å²) in [5, 5.41) is 6.78. The van der Waals surface area contributed by atoms with Crippen LogP contribution in [0, 0.1) is 6.92 Å². The third-order valence-corrected chi connectivity index (χ3v) is 7.30. The number of hydrogen-bond acceptors (Lipinski definition) is 5. The number of imidazole rings is 1. The van der Waals surface area contributed by atoms with Crippen molar-refractivity contribution in [1.29, 1.82) is 0 Å². The van der Waals surface area contributed by atoms with Gasteiger partial charge in [0.1, 0.15) is 12.4 Å². The van der Waals surface area contributed by atoms with Crippen LogP contribution in [0.3, 0.4) is 0 Å². The van der Waals surface area contributed by atoms with E-state index in [1.807, 2.05) is 36.4 Å². The molecule has 2 heterocycles. The number of nitrogens with one attached hydrogen (secondary N) is 2. The quantitative estimate of drug-likeness (QED) is 0.309. The van der Waals surface area contributed by atoms with E-state index in [9.17, 15) is 9.59 Å². The molecule has 1 aromatic heterocycles. The summed E-state index contributed by atoms with van der Waals surface area (Å²) < 4.78 is 1.69. The molecule has 4 aromatic rings. The number of benzene rings is 3. The molecule has 1 fully saturated rings. The van der Waals surface area contributed by atoms with Crippen LogP contribution in [0.15, 0.2) is 66.7 Å². The summed E-state index contributed by atoms with van der Waals surface area (Å²) in [4.78, 5) is 32.7. The van der Waals surface area contributed by atoms with Gasteiger partial charge in [0.2, 0.25) is 5.91 Å². The SMILES string of the molecule is Cc1nc2c(n1-c1ccc(Cl)c(N)c1)C(=O)N(c1ccc(-c3ccccc3CNC3CC3)cc1)CC(=O)N2. The molecule has 0 unspecified atom stereocenters. The Labute approximate surface area is 225 Å². The number of hydrogen-bond donors (Lipinski definition) is 3. The van der Waals surface area contributed by atoms with Crippen molar-refractivity contribution in [2.45, 2.75) is 32.4 Å². The van der Waals surface area contributed by atoms with Gasteiger partial charge >= 0.3 is 0 Å². The molecule has 2 amide bonds. The van der Waals surface area contributed by atoms with Crippen LogP contribution < -0.4 is 21.3 Å². The number of fused-ring (bicyclic) bond motifs is 1. The largest absolute Gasteiger partial charge is 0.397 e. The van der Waals surface area contributed by atoms with Gasteiger partial charge in [0.15, 0.2) is 11.5 Å². The highest BCUT2D eigenvalue weighted by Gasteiger charge is 2.33. The standard InChI is InChI=1S/C29H27ClN6O2/c1-17-33-28-27(36(17)22-12-13-24(30)25(31)14-22)29(38)35(16-26(37)34-28)21-10-6-18(7-11-21)23-5-3-2-4-19(23)15-32-20-8-9-20/h2-7,10-14,20,32H,8-9,15-16,31H2,1H3,(H,34,37). The van der Waals surface area contributed by atoms with Gasteiger partial charge in [-0.3, -0.25) is 19.1 Å². The molecule has 0 radical (unpaired) electrons. The Hall–Kier alpha value is -4.14. The monoisotopic (exact) mass is 526 g/mol. The van der Waals surface area contributed by atoms with Crippen LogP contribution in [0.25, 0.3) is 16.8 Å². The first kappa shape index (κ1) is 24.2. The molecule has 1 aliphatic carbocycles. The topological polar surface area (TPSA) is 105 Å². The summed E-state index contributed by atoms with van der Waals surface area (Å²) in [5.74, 6) is 0.105. The van der Waals surface area contributed by atoms with Gasteiger partial charge in [-0.25, -0.2) is 4.98 Å². The normalized spacial score (nSPS) is 15.3. The predicted octanol–water partition coefficient (Wildman–Crippen LogP) is 4.93. The van der Waals surface area contributed by atoms with E-state index >= 15 is 0 Å². The number of carbonyl (C=O) groups excluding carboxylic acids is 2. The molecule has 9 heteroatoms. The second-order valence-electron chi connectivity index (χ2n) is 9.70. The van der Waals surface area contributed by atoms with E-state index in [1.54, 1.807) is 29.7 Å². The Balaban J connectivity index is 1.34. The Morgan fingerprint density at radius 2 is 1.79 bits per heavy atom. The Morgan fingerprint density at radius 3 is 2.53 bits per heavy atom. The number of nitrogens with zero attached hydrogens (tertiary/aromatic N) is 3. The molecule has 6 rings (SSSR count). The van der Waals surface area contributed by atoms with Gasteiger partial charge in [-0.1, -0.05) is 48.0 Å². The third kappa shape index (κ3) is 4.53. The van der Waals surface area contributed by atoms with Crippen LogP contribution in [0.5, 0.6) is 0 Å². The van der Waals surface area contributed by atoms with E-state index in [0.29, 0.717) is 34.0 Å². The zero-order chi connectivity index (χ0) is 26.4. The molecule has 192 valence electrons. The van der Waals surface area contributed by atoms with Gasteiger partial charge in [0, 0.05) is 24.0 Å². The molecular formula is C29H27ClN6O2. The Kier molecular flexibility index (Phi) is 6.13. The molecule has 0 spiro atoms. The number of aryl methyl sites for hydroxylation is 1. The van der Waals surface area contributed by atoms with Crippen molar-refractivity contribution in [2.24, 2.45) is 0 Å². The van der Waals surface area contributed by atoms with Crippen LogP contribution >= 0.6 is 11.6 Å². The molecule has 4 N–H and O–H groups in total. The van der Waals surface area contributed by atoms with E-state index < -0.39 is 0 Å². The molecule has 2 aliphatic rings. The number of nitrogen functional groups attached to an aromatic ring is 1. The minimum atomic E-state index is -0.339. The summed E-state index contributed by atoms with van der Waals surface area (Å²) in [6.07, 6.45) is 2.47. The molecular weight excluding hydrogens is 500 g/mol. The summed E-state index contributed by atoms with van der Waals surface area (Å²) in [6, 6.07) is 21.8. The van der Waals surface area contributed by atoms with E-state index in [0.717, 1.165) is 17.7 Å². The smallest absolute Gasteiger partial charge is 0.279 e. The molecule has 8 nitrogen and oxygen atoms in total. The van der Waals surface area contributed by atoms with Crippen LogP contribution in [0.1, 0.15) is 34.7 Å². The van der Waals surface area contributed by atoms with E-state index in [1.165, 1.54) is 23.3 Å². The van der Waals surface area contributed by atoms with Gasteiger partial charge in [0.05, 0.1) is 10.7 Å². The molecule has 0 bridgehead atoms. The van der Waals surface area contributed by atoms with Gasteiger partial charge < -0.3 is 16.4 Å². The van der Waals surface area contributed by atoms with E-state index in [-0.39, 0.29) is 29.9 Å². The maximum Gasteiger partial charge on any atom is 0.279 e. The highest BCUT2D eigenvalue weighted by molar-refractivity contribution is 6.33. The van der Waals surface area contributed by atoms with Crippen LogP contribution in [-0.2, 0) is 11.3 Å². The first-order chi connectivity index (χ1) is 18.4. The van der Waals surface area contributed by atoms with Crippen molar-refractivity contribution in [2.75, 3.05) is 22.5 Å². The molecule has 38 heavy (non-hydrogen) atoms. The van der Waals surface area contributed by atoms with Crippen LogP contribution in [0.2, 0.25) is 5.02 Å². The van der Waals surface area contributed by atoms with Gasteiger partial charge in [-0.15, -0.1) is 0 Å². The van der Waals surface area contributed by atoms with Crippen molar-refractivity contribution in [3.8, 4) is 16.8 Å². The lowest BCUT2D eigenvalue weighted by Gasteiger charge is -2.21. The van der Waals surface area contributed by atoms with Crippen molar-refractivity contribution >= 4 is 40.6 Å². The minimum absolute atomic E-state index is 0.127. The number of halogens is 1. The van der Waals surface area contributed by atoms with Gasteiger partial charge in [0.25, 0.3) is 5.91 Å². The van der Waals surface area contributed by atoms with Crippen molar-refractivity contribution < 1.29 is 9.59 Å². The summed E-state index contributed by atoms with van der Waals surface area (Å²) in [7, 11) is 0. The number of anilines is 3. The van der Waals surface area contributed by atoms with Crippen molar-refractivity contribution in [3.63, 3.8) is 0 Å². The number of rotatable bonds is 6. The average Bonchev–Trinajstić information content (AvgIpc) is 3.70. The predicted molar refractivity (Wildman–Crippen MR) is 150 cm³/mol. The molecule has 0 saturated heterocycles. The fourth-order valence-electron chi connectivity index (χ4n) is 4.84. The number of nitrogens with two attached hydrogens (primary N) is 1. The lowest BCUT2D eigenvalue weighted by molar-refractivity contribution is -0.114. The fraction of sp³-hybridized carbons (Fsp3) is 0.207. The maximum atomic E-state index is 13.9. The second-order valence-corrected chi connectivity index (χ2v) is 10.1. The highest BCUT2D eigenvalue weighted by Crippen LogP contribution is 2.32. The summed E-state index contributed by atoms with van der Waals surface area (Å²) in [5.41, 5.74) is 11.3. The van der Waals surface area contributed by atoms with Crippen LogP contribution in [0.4, 0.5) is 17.2 Å². The number of aromatic nitrogens is 2. The summed E-state index contributed by atoms with van der Waals surface area (Å²) in [6.45, 7) is 2.46. The molecule has 3 aromatic carbocycles. The van der Waals surface area contributed by atoms with E-state index in [2.05, 4.69) is 27.8 Å². The summed E-state index contributed by atoms with van der Waals surface area (Å²) >= 11 is 6.12. The maximum absolute atomic E-state index is 13.9. The first-order valence-electron chi connectivity index (χ1n) is 12.6. The van der Waals surface area contributed by atoms with Crippen molar-refractivity contribution in [3.05, 3.63) is 88.8 Å². The molecule has 1 saturated carbocycles. The van der Waals surface area contributed by atoms with Crippen molar-refractivity contribution in [1.82, 2.24) is 14.9 Å². The minimum Gasteiger partial charge on any atom is -0.397 e.